The highest BCUT2D eigenvalue weighted by Gasteiger charge is 2.30. The van der Waals surface area contributed by atoms with Gasteiger partial charge in [-0.2, -0.15) is 0 Å². The van der Waals surface area contributed by atoms with Crippen LogP contribution in [0.25, 0.3) is 0 Å². The molecule has 1 aliphatic rings. The monoisotopic (exact) mass is 365 g/mol. The quantitative estimate of drug-likeness (QED) is 0.766. The molecule has 1 aromatic heterocycles. The number of carbonyl (C=O) groups is 2. The van der Waals surface area contributed by atoms with E-state index in [-0.39, 0.29) is 23.6 Å². The predicted octanol–water partition coefficient (Wildman–Crippen LogP) is 1.23. The molecule has 0 radical (unpaired) electrons. The average molecular weight is 365 g/mol. The molecule has 1 aromatic carbocycles. The Bertz CT molecular complexity index is 856. The molecule has 3 rings (SSSR count). The summed E-state index contributed by atoms with van der Waals surface area (Å²) in [6, 6.07) is 8.52. The van der Waals surface area contributed by atoms with Gasteiger partial charge < -0.3 is 13.9 Å². The SMILES string of the molecule is O=C(OC1CCOC1=O)c1ccc(S(=O)(=O)NCc2ccco2)cc1. The first-order chi connectivity index (χ1) is 12.0. The number of sulfonamides is 1. The molecule has 2 heterocycles. The normalized spacial score (nSPS) is 17.3. The van der Waals surface area contributed by atoms with E-state index in [1.54, 1.807) is 12.1 Å². The summed E-state index contributed by atoms with van der Waals surface area (Å²) in [5.41, 5.74) is 0.143. The smallest absolute Gasteiger partial charge is 0.347 e. The Kier molecular flexibility index (Phi) is 4.86. The van der Waals surface area contributed by atoms with E-state index in [0.29, 0.717) is 12.2 Å². The second-order valence-electron chi connectivity index (χ2n) is 5.28. The van der Waals surface area contributed by atoms with Crippen molar-refractivity contribution in [3.05, 3.63) is 54.0 Å². The average Bonchev–Trinajstić information content (AvgIpc) is 3.25. The number of nitrogens with one attached hydrogen (secondary N) is 1. The molecule has 2 aromatic rings. The van der Waals surface area contributed by atoms with Gasteiger partial charge in [0.25, 0.3) is 0 Å². The van der Waals surface area contributed by atoms with Crippen molar-refractivity contribution in [2.24, 2.45) is 0 Å². The van der Waals surface area contributed by atoms with Crippen LogP contribution in [0.3, 0.4) is 0 Å². The minimum atomic E-state index is -3.75. The van der Waals surface area contributed by atoms with Gasteiger partial charge in [0, 0.05) is 6.42 Å². The summed E-state index contributed by atoms with van der Waals surface area (Å²) in [6.45, 7) is 0.234. The second-order valence-corrected chi connectivity index (χ2v) is 7.05. The highest BCUT2D eigenvalue weighted by atomic mass is 32.2. The molecular weight excluding hydrogens is 350 g/mol. The van der Waals surface area contributed by atoms with Gasteiger partial charge in [-0.1, -0.05) is 0 Å². The summed E-state index contributed by atoms with van der Waals surface area (Å²) in [5.74, 6) is -0.807. The van der Waals surface area contributed by atoms with Gasteiger partial charge in [0.2, 0.25) is 16.1 Å². The standard InChI is InChI=1S/C16H15NO7S/c18-15(24-14-7-9-23-16(14)19)11-3-5-13(6-4-11)25(20,21)17-10-12-2-1-8-22-12/h1-6,8,14,17H,7,9-10H2. The van der Waals surface area contributed by atoms with E-state index in [1.807, 2.05) is 0 Å². The van der Waals surface area contributed by atoms with Gasteiger partial charge in [-0.25, -0.2) is 22.7 Å². The van der Waals surface area contributed by atoms with Crippen molar-refractivity contribution in [3.63, 3.8) is 0 Å². The van der Waals surface area contributed by atoms with Crippen LogP contribution in [0.1, 0.15) is 22.5 Å². The molecule has 1 unspecified atom stereocenters. The third kappa shape index (κ3) is 4.06. The number of hydrogen-bond acceptors (Lipinski definition) is 7. The van der Waals surface area contributed by atoms with E-state index in [2.05, 4.69) is 4.72 Å². The highest BCUT2D eigenvalue weighted by molar-refractivity contribution is 7.89. The van der Waals surface area contributed by atoms with Crippen LogP contribution in [0.4, 0.5) is 0 Å². The van der Waals surface area contributed by atoms with Crippen LogP contribution in [-0.2, 0) is 30.8 Å². The van der Waals surface area contributed by atoms with Gasteiger partial charge in [-0.3, -0.25) is 0 Å². The van der Waals surface area contributed by atoms with E-state index in [0.717, 1.165) is 0 Å². The molecule has 1 aliphatic heterocycles. The Morgan fingerprint density at radius 3 is 2.60 bits per heavy atom. The lowest BCUT2D eigenvalue weighted by molar-refractivity contribution is -0.145. The summed E-state index contributed by atoms with van der Waals surface area (Å²) in [7, 11) is -3.75. The topological polar surface area (TPSA) is 112 Å². The molecule has 8 nitrogen and oxygen atoms in total. The Labute approximate surface area is 143 Å². The van der Waals surface area contributed by atoms with Crippen LogP contribution in [0.15, 0.2) is 52.0 Å². The highest BCUT2D eigenvalue weighted by Crippen LogP contribution is 2.16. The van der Waals surface area contributed by atoms with Crippen molar-refractivity contribution in [2.75, 3.05) is 6.61 Å². The molecule has 132 valence electrons. The zero-order valence-electron chi connectivity index (χ0n) is 13.0. The van der Waals surface area contributed by atoms with E-state index < -0.39 is 28.1 Å². The van der Waals surface area contributed by atoms with Gasteiger partial charge in [-0.15, -0.1) is 0 Å². The molecule has 1 N–H and O–H groups in total. The molecule has 0 spiro atoms. The lowest BCUT2D eigenvalue weighted by Gasteiger charge is -2.09. The molecule has 0 bridgehead atoms. The molecule has 25 heavy (non-hydrogen) atoms. The molecule has 1 fully saturated rings. The molecule has 9 heteroatoms. The zero-order chi connectivity index (χ0) is 17.9. The fraction of sp³-hybridized carbons (Fsp3) is 0.250. The fourth-order valence-electron chi connectivity index (χ4n) is 2.21. The zero-order valence-corrected chi connectivity index (χ0v) is 13.8. The van der Waals surface area contributed by atoms with E-state index in [4.69, 9.17) is 13.9 Å². The van der Waals surface area contributed by atoms with Crippen molar-refractivity contribution in [2.45, 2.75) is 24.0 Å². The van der Waals surface area contributed by atoms with Gasteiger partial charge in [0.1, 0.15) is 5.76 Å². The number of cyclic esters (lactones) is 1. The third-order valence-corrected chi connectivity index (χ3v) is 4.97. The summed E-state index contributed by atoms with van der Waals surface area (Å²) < 4.78 is 41.6. The Hall–Kier alpha value is -2.65. The first kappa shape index (κ1) is 17.2. The second kappa shape index (κ2) is 7.08. The van der Waals surface area contributed by atoms with Crippen LogP contribution in [0, 0.1) is 0 Å². The van der Waals surface area contributed by atoms with Gasteiger partial charge >= 0.3 is 11.9 Å². The number of rotatable bonds is 6. The lowest BCUT2D eigenvalue weighted by Crippen LogP contribution is -2.24. The predicted molar refractivity (Wildman–Crippen MR) is 84.0 cm³/mol. The minimum absolute atomic E-state index is 0.00381. The van der Waals surface area contributed by atoms with Gasteiger partial charge in [0.05, 0.1) is 29.9 Å². The van der Waals surface area contributed by atoms with Crippen molar-refractivity contribution in [1.29, 1.82) is 0 Å². The maximum absolute atomic E-state index is 12.2. The van der Waals surface area contributed by atoms with Crippen LogP contribution in [0.5, 0.6) is 0 Å². The molecule has 0 amide bonds. The third-order valence-electron chi connectivity index (χ3n) is 3.55. The van der Waals surface area contributed by atoms with Gasteiger partial charge in [0.15, 0.2) is 0 Å². The lowest BCUT2D eigenvalue weighted by atomic mass is 10.2. The molecule has 0 aliphatic carbocycles. The number of carbonyl (C=O) groups excluding carboxylic acids is 2. The van der Waals surface area contributed by atoms with Crippen molar-refractivity contribution in [3.8, 4) is 0 Å². The summed E-state index contributed by atoms with van der Waals surface area (Å²) in [6.07, 6.45) is 0.851. The van der Waals surface area contributed by atoms with Crippen LogP contribution >= 0.6 is 0 Å². The summed E-state index contributed by atoms with van der Waals surface area (Å²) in [4.78, 5) is 23.3. The minimum Gasteiger partial charge on any atom is -0.468 e. The largest absolute Gasteiger partial charge is 0.468 e. The summed E-state index contributed by atoms with van der Waals surface area (Å²) in [5, 5.41) is 0. The Morgan fingerprint density at radius 2 is 2.00 bits per heavy atom. The number of furan rings is 1. The van der Waals surface area contributed by atoms with Crippen molar-refractivity contribution >= 4 is 22.0 Å². The van der Waals surface area contributed by atoms with Crippen LogP contribution in [-0.4, -0.2) is 33.1 Å². The van der Waals surface area contributed by atoms with E-state index >= 15 is 0 Å². The molecule has 1 saturated heterocycles. The maximum Gasteiger partial charge on any atom is 0.347 e. The number of esters is 2. The van der Waals surface area contributed by atoms with Crippen LogP contribution < -0.4 is 4.72 Å². The first-order valence-electron chi connectivity index (χ1n) is 7.45. The van der Waals surface area contributed by atoms with Crippen molar-refractivity contribution < 1.29 is 31.9 Å². The van der Waals surface area contributed by atoms with Crippen LogP contribution in [0.2, 0.25) is 0 Å². The number of benzene rings is 1. The number of hydrogen-bond donors (Lipinski definition) is 1. The number of ether oxygens (including phenoxy) is 2. The van der Waals surface area contributed by atoms with E-state index in [9.17, 15) is 18.0 Å². The summed E-state index contributed by atoms with van der Waals surface area (Å²) >= 11 is 0. The van der Waals surface area contributed by atoms with Gasteiger partial charge in [-0.05, 0) is 36.4 Å². The van der Waals surface area contributed by atoms with E-state index in [1.165, 1.54) is 30.5 Å². The van der Waals surface area contributed by atoms with Crippen molar-refractivity contribution in [1.82, 2.24) is 4.72 Å². The molecular formula is C16H15NO7S. The Morgan fingerprint density at radius 1 is 1.24 bits per heavy atom. The molecule has 0 saturated carbocycles. The first-order valence-corrected chi connectivity index (χ1v) is 8.94. The fourth-order valence-corrected chi connectivity index (χ4v) is 3.21. The maximum atomic E-state index is 12.2. The Balaban J connectivity index is 1.64. The molecule has 1 atom stereocenters.